The Morgan fingerprint density at radius 1 is 1.47 bits per heavy atom. The topological polar surface area (TPSA) is 95.5 Å². The van der Waals surface area contributed by atoms with Crippen LogP contribution in [0.1, 0.15) is 20.3 Å². The molecule has 0 rings (SSSR count). The van der Waals surface area contributed by atoms with E-state index in [4.69, 9.17) is 16.3 Å². The quantitative estimate of drug-likeness (QED) is 0.457. The molecule has 0 bridgehead atoms. The highest BCUT2D eigenvalue weighted by Gasteiger charge is 2.17. The summed E-state index contributed by atoms with van der Waals surface area (Å²) in [4.78, 5) is 13.6. The van der Waals surface area contributed by atoms with Crippen molar-refractivity contribution in [3.05, 3.63) is 0 Å². The lowest BCUT2D eigenvalue weighted by Gasteiger charge is -2.22. The average Bonchev–Trinajstić information content (AvgIpc) is 2.10. The molecule has 0 radical (unpaired) electrons. The normalized spacial score (nSPS) is 12.5. The summed E-state index contributed by atoms with van der Waals surface area (Å²) >= 11 is 5.39. The number of carbonyl (C=O) groups excluding carboxylic acids is 1. The smallest absolute Gasteiger partial charge is 0.265 e. The molecule has 0 saturated carbocycles. The molecule has 0 aromatic rings. The number of rotatable bonds is 6. The van der Waals surface area contributed by atoms with Gasteiger partial charge in [0, 0.05) is 18.5 Å². The van der Waals surface area contributed by atoms with Gasteiger partial charge in [0.2, 0.25) is 5.91 Å². The number of amides is 1. The molecule has 0 aliphatic carbocycles. The van der Waals surface area contributed by atoms with Gasteiger partial charge in [0.05, 0.1) is 5.75 Å². The summed E-state index contributed by atoms with van der Waals surface area (Å²) in [6.45, 7) is 3.80. The third-order valence-corrected chi connectivity index (χ3v) is 2.80. The van der Waals surface area contributed by atoms with E-state index < -0.39 is 27.3 Å². The van der Waals surface area contributed by atoms with Crippen molar-refractivity contribution < 1.29 is 17.8 Å². The molecule has 0 aromatic carbocycles. The van der Waals surface area contributed by atoms with Crippen molar-refractivity contribution in [1.82, 2.24) is 10.2 Å². The minimum absolute atomic E-state index is 0.265. The van der Waals surface area contributed by atoms with Gasteiger partial charge in [-0.25, -0.2) is 4.84 Å². The van der Waals surface area contributed by atoms with Gasteiger partial charge < -0.3 is 5.32 Å². The monoisotopic (exact) mass is 258 g/mol. The summed E-state index contributed by atoms with van der Waals surface area (Å²) in [5, 5.41) is 2.48. The van der Waals surface area contributed by atoms with E-state index in [1.54, 1.807) is 13.8 Å². The first-order valence-electron chi connectivity index (χ1n) is 4.26. The number of carbonyl (C=O) groups is 1. The summed E-state index contributed by atoms with van der Waals surface area (Å²) in [6.07, 6.45) is -0.267. The zero-order valence-corrected chi connectivity index (χ0v) is 10.2. The van der Waals surface area contributed by atoms with Gasteiger partial charge in [0.15, 0.2) is 0 Å². The molecule has 0 aliphatic rings. The van der Waals surface area contributed by atoms with Crippen LogP contribution in [0.5, 0.6) is 0 Å². The fourth-order valence-corrected chi connectivity index (χ4v) is 1.17. The number of hydrogen-bond acceptors (Lipinski definition) is 4. The highest BCUT2D eigenvalue weighted by molar-refractivity contribution is 7.85. The standard InChI is InChI=1S/C7H15ClN2O4S/c1-7(2,10-8)5-9-6(11)3-4-15(12,13)14/h10H,3-5H2,1-2H3,(H,9,11)(H,12,13,14). The van der Waals surface area contributed by atoms with Gasteiger partial charge in [-0.1, -0.05) is 0 Å². The predicted molar refractivity (Wildman–Crippen MR) is 57.1 cm³/mol. The Balaban J connectivity index is 3.87. The van der Waals surface area contributed by atoms with Crippen LogP contribution in [0, 0.1) is 0 Å². The maximum absolute atomic E-state index is 11.1. The van der Waals surface area contributed by atoms with Gasteiger partial charge in [0.25, 0.3) is 10.1 Å². The van der Waals surface area contributed by atoms with E-state index in [1.807, 2.05) is 0 Å². The minimum Gasteiger partial charge on any atom is -0.354 e. The highest BCUT2D eigenvalue weighted by atomic mass is 35.5. The van der Waals surface area contributed by atoms with Gasteiger partial charge in [-0.3, -0.25) is 9.35 Å². The summed E-state index contributed by atoms with van der Waals surface area (Å²) in [5.74, 6) is -1.03. The summed E-state index contributed by atoms with van der Waals surface area (Å²) in [5.41, 5.74) is -0.477. The molecular formula is C7H15ClN2O4S. The summed E-state index contributed by atoms with van der Waals surface area (Å²) < 4.78 is 29.1. The van der Waals surface area contributed by atoms with Crippen LogP contribution in [0.25, 0.3) is 0 Å². The van der Waals surface area contributed by atoms with Gasteiger partial charge in [-0.05, 0) is 25.6 Å². The maximum Gasteiger partial charge on any atom is 0.265 e. The fourth-order valence-electron chi connectivity index (χ4n) is 0.663. The second-order valence-corrected chi connectivity index (χ2v) is 5.55. The van der Waals surface area contributed by atoms with Crippen LogP contribution in [0.3, 0.4) is 0 Å². The minimum atomic E-state index is -4.08. The zero-order valence-electron chi connectivity index (χ0n) is 8.58. The number of halogens is 1. The molecule has 3 N–H and O–H groups in total. The van der Waals surface area contributed by atoms with Crippen LogP contribution in [-0.2, 0) is 14.9 Å². The predicted octanol–water partition coefficient (Wildman–Crippen LogP) is -0.0975. The SMILES string of the molecule is CC(C)(CNC(=O)CCS(=O)(=O)O)NCl. The van der Waals surface area contributed by atoms with Gasteiger partial charge in [0.1, 0.15) is 0 Å². The molecule has 0 atom stereocenters. The second kappa shape index (κ2) is 5.64. The lowest BCUT2D eigenvalue weighted by atomic mass is 10.1. The Morgan fingerprint density at radius 3 is 2.40 bits per heavy atom. The van der Waals surface area contributed by atoms with E-state index in [0.717, 1.165) is 0 Å². The van der Waals surface area contributed by atoms with Crippen LogP contribution < -0.4 is 10.2 Å². The third kappa shape index (κ3) is 8.61. The van der Waals surface area contributed by atoms with E-state index in [9.17, 15) is 13.2 Å². The Hall–Kier alpha value is -0.370. The molecule has 0 saturated heterocycles. The van der Waals surface area contributed by atoms with Gasteiger partial charge in [-0.15, -0.1) is 0 Å². The number of hydrogen-bond donors (Lipinski definition) is 3. The Kier molecular flexibility index (Phi) is 5.50. The van der Waals surface area contributed by atoms with Crippen LogP contribution in [0.2, 0.25) is 0 Å². The second-order valence-electron chi connectivity index (χ2n) is 3.79. The zero-order chi connectivity index (χ0) is 12.1. The van der Waals surface area contributed by atoms with Crippen molar-refractivity contribution in [2.24, 2.45) is 0 Å². The molecule has 0 fully saturated rings. The summed E-state index contributed by atoms with van der Waals surface area (Å²) in [7, 11) is -4.08. The first-order chi connectivity index (χ1) is 6.66. The van der Waals surface area contributed by atoms with Crippen molar-refractivity contribution in [1.29, 1.82) is 0 Å². The lowest BCUT2D eigenvalue weighted by molar-refractivity contribution is -0.120. The molecular weight excluding hydrogens is 244 g/mol. The highest BCUT2D eigenvalue weighted by Crippen LogP contribution is 2.00. The van der Waals surface area contributed by atoms with Gasteiger partial charge in [-0.2, -0.15) is 8.42 Å². The van der Waals surface area contributed by atoms with Crippen molar-refractivity contribution in [3.63, 3.8) is 0 Å². The van der Waals surface area contributed by atoms with Gasteiger partial charge >= 0.3 is 0 Å². The van der Waals surface area contributed by atoms with E-state index in [1.165, 1.54) is 0 Å². The molecule has 8 heteroatoms. The Morgan fingerprint density at radius 2 is 2.00 bits per heavy atom. The van der Waals surface area contributed by atoms with Crippen LogP contribution in [-0.4, -0.2) is 36.7 Å². The molecule has 15 heavy (non-hydrogen) atoms. The molecule has 0 aromatic heterocycles. The first kappa shape index (κ1) is 14.6. The van der Waals surface area contributed by atoms with Crippen LogP contribution in [0.15, 0.2) is 0 Å². The molecule has 0 unspecified atom stereocenters. The molecule has 6 nitrogen and oxygen atoms in total. The van der Waals surface area contributed by atoms with E-state index in [-0.39, 0.29) is 13.0 Å². The molecule has 0 aliphatic heterocycles. The van der Waals surface area contributed by atoms with E-state index >= 15 is 0 Å². The molecule has 0 spiro atoms. The van der Waals surface area contributed by atoms with Crippen molar-refractivity contribution in [2.75, 3.05) is 12.3 Å². The average molecular weight is 259 g/mol. The van der Waals surface area contributed by atoms with Crippen molar-refractivity contribution in [3.8, 4) is 0 Å². The molecule has 0 heterocycles. The third-order valence-electron chi connectivity index (χ3n) is 1.57. The van der Waals surface area contributed by atoms with E-state index in [2.05, 4.69) is 10.2 Å². The lowest BCUT2D eigenvalue weighted by Crippen LogP contribution is -2.45. The van der Waals surface area contributed by atoms with Crippen LogP contribution in [0.4, 0.5) is 0 Å². The largest absolute Gasteiger partial charge is 0.354 e. The maximum atomic E-state index is 11.1. The van der Waals surface area contributed by atoms with E-state index in [0.29, 0.717) is 0 Å². The molecule has 1 amide bonds. The Bertz CT molecular complexity index is 315. The van der Waals surface area contributed by atoms with Crippen molar-refractivity contribution >= 4 is 27.8 Å². The van der Waals surface area contributed by atoms with Crippen LogP contribution >= 0.6 is 11.8 Å². The fraction of sp³-hybridized carbons (Fsp3) is 0.857. The first-order valence-corrected chi connectivity index (χ1v) is 6.25. The molecule has 90 valence electrons. The van der Waals surface area contributed by atoms with Crippen molar-refractivity contribution in [2.45, 2.75) is 25.8 Å². The Labute approximate surface area is 94.2 Å². The number of nitrogens with one attached hydrogen (secondary N) is 2. The summed E-state index contributed by atoms with van der Waals surface area (Å²) in [6, 6.07) is 0.